The molecule has 0 spiro atoms. The number of rotatable bonds is 17. The van der Waals surface area contributed by atoms with E-state index in [0.29, 0.717) is 12.0 Å². The van der Waals surface area contributed by atoms with E-state index in [1.54, 1.807) is 26.8 Å². The fraction of sp³-hybridized carbons (Fsp3) is 0.677. The number of carboxylic acid groups (broad SMARTS) is 1. The standard InChI is InChI=1S/C31H49NO8/c1-9-12-20(6)31(37)38-22(8)21(7)28(29(32)30(35)36)23-13-14-24(39-26(33)15-18(4)10-2)25(17-23)40-27(34)16-19(5)11-3/h13-14,17-22,28-29H,9-12,15-16,32H2,1-8H3,(H,35,36)/t18?,19?,20?,21?,22?,28?,29-/m0/s1. The van der Waals surface area contributed by atoms with Crippen LogP contribution < -0.4 is 15.2 Å². The van der Waals surface area contributed by atoms with Gasteiger partial charge in [0.1, 0.15) is 12.1 Å². The molecule has 9 nitrogen and oxygen atoms in total. The van der Waals surface area contributed by atoms with Crippen molar-refractivity contribution in [2.24, 2.45) is 29.4 Å². The normalized spacial score (nSPS) is 16.5. The summed E-state index contributed by atoms with van der Waals surface area (Å²) in [5.41, 5.74) is 6.62. The first-order valence-electron chi connectivity index (χ1n) is 14.5. The Kier molecular flexibility index (Phi) is 14.9. The molecule has 0 radical (unpaired) electrons. The largest absolute Gasteiger partial charge is 0.480 e. The van der Waals surface area contributed by atoms with E-state index >= 15 is 0 Å². The molecule has 3 N–H and O–H groups in total. The maximum Gasteiger partial charge on any atom is 0.321 e. The quantitative estimate of drug-likeness (QED) is 0.176. The van der Waals surface area contributed by atoms with Gasteiger partial charge in [0.05, 0.1) is 5.92 Å². The minimum Gasteiger partial charge on any atom is -0.480 e. The molecule has 7 atom stereocenters. The van der Waals surface area contributed by atoms with Crippen molar-refractivity contribution in [3.8, 4) is 11.5 Å². The van der Waals surface area contributed by atoms with Gasteiger partial charge >= 0.3 is 23.9 Å². The van der Waals surface area contributed by atoms with Crippen molar-refractivity contribution in [3.63, 3.8) is 0 Å². The Morgan fingerprint density at radius 1 is 0.850 bits per heavy atom. The van der Waals surface area contributed by atoms with Gasteiger partial charge in [-0.25, -0.2) is 0 Å². The first kappa shape index (κ1) is 35.1. The maximum atomic E-state index is 12.7. The molecule has 0 amide bonds. The summed E-state index contributed by atoms with van der Waals surface area (Å²) in [6, 6.07) is 3.25. The summed E-state index contributed by atoms with van der Waals surface area (Å²) in [5.74, 6) is -3.85. The summed E-state index contributed by atoms with van der Waals surface area (Å²) >= 11 is 0. The van der Waals surface area contributed by atoms with E-state index in [4.69, 9.17) is 19.9 Å². The van der Waals surface area contributed by atoms with E-state index < -0.39 is 41.9 Å². The van der Waals surface area contributed by atoms with Crippen molar-refractivity contribution in [2.45, 2.75) is 112 Å². The molecule has 1 rings (SSSR count). The van der Waals surface area contributed by atoms with Gasteiger partial charge in [-0.1, -0.05) is 73.8 Å². The van der Waals surface area contributed by atoms with E-state index in [2.05, 4.69) is 0 Å². The number of aliphatic carboxylic acids is 1. The van der Waals surface area contributed by atoms with Gasteiger partial charge in [-0.2, -0.15) is 0 Å². The lowest BCUT2D eigenvalue weighted by molar-refractivity contribution is -0.156. The molecule has 1 aromatic rings. The molecule has 0 saturated carbocycles. The van der Waals surface area contributed by atoms with E-state index in [1.807, 2.05) is 34.6 Å². The van der Waals surface area contributed by atoms with Crippen LogP contribution in [0.5, 0.6) is 11.5 Å². The Morgan fingerprint density at radius 2 is 1.38 bits per heavy atom. The van der Waals surface area contributed by atoms with Crippen LogP contribution in [0.3, 0.4) is 0 Å². The third kappa shape index (κ3) is 10.9. The predicted molar refractivity (Wildman–Crippen MR) is 153 cm³/mol. The van der Waals surface area contributed by atoms with Crippen LogP contribution in [0.15, 0.2) is 18.2 Å². The molecule has 0 fully saturated rings. The van der Waals surface area contributed by atoms with Gasteiger partial charge < -0.3 is 25.1 Å². The van der Waals surface area contributed by atoms with Crippen LogP contribution in [-0.2, 0) is 23.9 Å². The summed E-state index contributed by atoms with van der Waals surface area (Å²) in [6.07, 6.45) is 2.82. The number of benzene rings is 1. The smallest absolute Gasteiger partial charge is 0.321 e. The molecule has 9 heteroatoms. The Balaban J connectivity index is 3.45. The number of carbonyl (C=O) groups excluding carboxylic acids is 3. The molecular formula is C31H49NO8. The molecule has 1 aromatic carbocycles. The molecule has 0 aromatic heterocycles. The van der Waals surface area contributed by atoms with Crippen LogP contribution in [0.2, 0.25) is 0 Å². The molecule has 226 valence electrons. The highest BCUT2D eigenvalue weighted by molar-refractivity contribution is 5.77. The monoisotopic (exact) mass is 563 g/mol. The highest BCUT2D eigenvalue weighted by Crippen LogP contribution is 2.38. The van der Waals surface area contributed by atoms with E-state index in [-0.39, 0.29) is 48.1 Å². The van der Waals surface area contributed by atoms with Crippen LogP contribution in [0.25, 0.3) is 0 Å². The van der Waals surface area contributed by atoms with Gasteiger partial charge in [0.15, 0.2) is 11.5 Å². The van der Waals surface area contributed by atoms with Crippen LogP contribution in [0.1, 0.15) is 105 Å². The van der Waals surface area contributed by atoms with Crippen LogP contribution in [-0.4, -0.2) is 41.1 Å². The van der Waals surface area contributed by atoms with Gasteiger partial charge in [0.25, 0.3) is 0 Å². The number of carboxylic acids is 1. The molecule has 6 unspecified atom stereocenters. The molecule has 0 saturated heterocycles. The Bertz CT molecular complexity index is 994. The molecule has 0 aliphatic carbocycles. The molecule has 0 aliphatic rings. The van der Waals surface area contributed by atoms with Gasteiger partial charge in [-0.3, -0.25) is 19.2 Å². The van der Waals surface area contributed by atoms with Crippen LogP contribution in [0, 0.1) is 23.7 Å². The lowest BCUT2D eigenvalue weighted by atomic mass is 9.79. The van der Waals surface area contributed by atoms with E-state index in [0.717, 1.165) is 19.3 Å². The summed E-state index contributed by atoms with van der Waals surface area (Å²) < 4.78 is 16.9. The fourth-order valence-electron chi connectivity index (χ4n) is 4.32. The average Bonchev–Trinajstić information content (AvgIpc) is 2.89. The Labute approximate surface area is 239 Å². The number of hydrogen-bond acceptors (Lipinski definition) is 8. The van der Waals surface area contributed by atoms with Gasteiger partial charge in [-0.05, 0) is 42.9 Å². The first-order chi connectivity index (χ1) is 18.7. The third-order valence-electron chi connectivity index (χ3n) is 7.63. The first-order valence-corrected chi connectivity index (χ1v) is 14.5. The zero-order valence-electron chi connectivity index (χ0n) is 25.4. The minimum absolute atomic E-state index is 0.0132. The lowest BCUT2D eigenvalue weighted by Gasteiger charge is -2.32. The van der Waals surface area contributed by atoms with Gasteiger partial charge in [-0.15, -0.1) is 0 Å². The number of carbonyl (C=O) groups is 4. The lowest BCUT2D eigenvalue weighted by Crippen LogP contribution is -2.43. The zero-order valence-corrected chi connectivity index (χ0v) is 25.4. The number of nitrogens with two attached hydrogens (primary N) is 1. The second kappa shape index (κ2) is 17.0. The molecule has 0 bridgehead atoms. The summed E-state index contributed by atoms with van der Waals surface area (Å²) in [7, 11) is 0. The third-order valence-corrected chi connectivity index (χ3v) is 7.63. The second-order valence-corrected chi connectivity index (χ2v) is 11.2. The average molecular weight is 564 g/mol. The Morgan fingerprint density at radius 3 is 1.85 bits per heavy atom. The van der Waals surface area contributed by atoms with Crippen LogP contribution in [0.4, 0.5) is 0 Å². The number of esters is 3. The highest BCUT2D eigenvalue weighted by atomic mass is 16.6. The number of ether oxygens (including phenoxy) is 3. The minimum atomic E-state index is -1.34. The van der Waals surface area contributed by atoms with Crippen molar-refractivity contribution < 1.29 is 38.5 Å². The summed E-state index contributed by atoms with van der Waals surface area (Å²) in [6.45, 7) is 15.1. The SMILES string of the molecule is CCCC(C)C(=O)OC(C)C(C)C(c1ccc(OC(=O)CC(C)CC)c(OC(=O)CC(C)CC)c1)[C@H](N)C(=O)O. The topological polar surface area (TPSA) is 142 Å². The molecule has 40 heavy (non-hydrogen) atoms. The van der Waals surface area contributed by atoms with Crippen molar-refractivity contribution in [1.29, 1.82) is 0 Å². The highest BCUT2D eigenvalue weighted by Gasteiger charge is 2.36. The van der Waals surface area contributed by atoms with Crippen molar-refractivity contribution in [3.05, 3.63) is 23.8 Å². The second-order valence-electron chi connectivity index (χ2n) is 11.2. The molecule has 0 aliphatic heterocycles. The van der Waals surface area contributed by atoms with E-state index in [1.165, 1.54) is 12.1 Å². The van der Waals surface area contributed by atoms with Crippen molar-refractivity contribution in [2.75, 3.05) is 0 Å². The Hall–Kier alpha value is -2.94. The van der Waals surface area contributed by atoms with Crippen molar-refractivity contribution in [1.82, 2.24) is 0 Å². The summed E-state index contributed by atoms with van der Waals surface area (Å²) in [4.78, 5) is 49.9. The molecular weight excluding hydrogens is 514 g/mol. The van der Waals surface area contributed by atoms with Crippen LogP contribution >= 0.6 is 0 Å². The van der Waals surface area contributed by atoms with Gasteiger partial charge in [0, 0.05) is 24.7 Å². The van der Waals surface area contributed by atoms with Crippen molar-refractivity contribution >= 4 is 23.9 Å². The maximum absolute atomic E-state index is 12.7. The predicted octanol–water partition coefficient (Wildman–Crippen LogP) is 5.87. The van der Waals surface area contributed by atoms with E-state index in [9.17, 15) is 24.3 Å². The summed E-state index contributed by atoms with van der Waals surface area (Å²) in [5, 5.41) is 9.82. The number of hydrogen-bond donors (Lipinski definition) is 2. The van der Waals surface area contributed by atoms with Gasteiger partial charge in [0.2, 0.25) is 0 Å². The zero-order chi connectivity index (χ0) is 30.6. The molecule has 0 heterocycles. The fourth-order valence-corrected chi connectivity index (χ4v) is 4.32.